The Labute approximate surface area is 384 Å². The van der Waals surface area contributed by atoms with E-state index in [4.69, 9.17) is 24.7 Å². The number of pyridine rings is 2. The van der Waals surface area contributed by atoms with E-state index < -0.39 is 5.41 Å². The first-order valence-electron chi connectivity index (χ1n) is 22.1. The molecule has 66 heavy (non-hydrogen) atoms. The molecule has 0 bridgehead atoms. The molecule has 1 aliphatic carbocycles. The molecular weight excluding hydrogens is 827 g/mol. The van der Waals surface area contributed by atoms with E-state index in [-0.39, 0.29) is 0 Å². The van der Waals surface area contributed by atoms with Crippen molar-refractivity contribution in [1.82, 2.24) is 19.9 Å². The summed E-state index contributed by atoms with van der Waals surface area (Å²) in [4.78, 5) is 25.3. The molecule has 0 amide bonds. The number of para-hydroxylation sites is 3. The number of hydrogen-bond acceptors (Lipinski definition) is 7. The SMILES string of the molecule is c1ccc(-c2nc(-c3cccc(-c4cnc5c(c4)C4(c6ccccc6Sc6c4ccc4c6Oc6ccccc6N4c4cccc6ccccc46)c4cccnc4-5)c3)nc3ccccc23)cc1. The lowest BCUT2D eigenvalue weighted by Crippen LogP contribution is -2.32. The molecule has 14 rings (SSSR count). The fourth-order valence-electron chi connectivity index (χ4n) is 10.6. The Morgan fingerprint density at radius 2 is 1.18 bits per heavy atom. The maximum atomic E-state index is 7.14. The molecule has 3 aromatic heterocycles. The molecule has 6 nitrogen and oxygen atoms in total. The van der Waals surface area contributed by atoms with Crippen molar-refractivity contribution in [2.45, 2.75) is 15.2 Å². The van der Waals surface area contributed by atoms with E-state index in [0.717, 1.165) is 105 Å². The van der Waals surface area contributed by atoms with Gasteiger partial charge in [-0.1, -0.05) is 157 Å². The average Bonchev–Trinajstić information content (AvgIpc) is 3.67. The summed E-state index contributed by atoms with van der Waals surface area (Å²) >= 11 is 1.78. The summed E-state index contributed by atoms with van der Waals surface area (Å²) in [6, 6.07) is 70.6. The Hall–Kier alpha value is -8.39. The maximum absolute atomic E-state index is 7.14. The van der Waals surface area contributed by atoms with Crippen LogP contribution >= 0.6 is 11.8 Å². The topological polar surface area (TPSA) is 64.0 Å². The van der Waals surface area contributed by atoms with Crippen molar-refractivity contribution in [3.8, 4) is 56.7 Å². The predicted octanol–water partition coefficient (Wildman–Crippen LogP) is 15.0. The first kappa shape index (κ1) is 37.0. The largest absolute Gasteiger partial charge is 0.452 e. The smallest absolute Gasteiger partial charge is 0.165 e. The van der Waals surface area contributed by atoms with Crippen molar-refractivity contribution in [3.05, 3.63) is 235 Å². The van der Waals surface area contributed by atoms with Crippen molar-refractivity contribution in [1.29, 1.82) is 0 Å². The molecule has 1 unspecified atom stereocenters. The van der Waals surface area contributed by atoms with E-state index >= 15 is 0 Å². The molecule has 0 saturated carbocycles. The number of anilines is 3. The molecule has 0 radical (unpaired) electrons. The molecule has 308 valence electrons. The zero-order valence-electron chi connectivity index (χ0n) is 35.3. The third-order valence-corrected chi connectivity index (χ3v) is 14.6. The molecule has 1 spiro atoms. The summed E-state index contributed by atoms with van der Waals surface area (Å²) in [6.45, 7) is 0. The molecule has 8 aromatic carbocycles. The van der Waals surface area contributed by atoms with Crippen LogP contribution in [0.4, 0.5) is 17.1 Å². The quantitative estimate of drug-likeness (QED) is 0.175. The molecule has 5 heterocycles. The van der Waals surface area contributed by atoms with Gasteiger partial charge in [-0.2, -0.15) is 0 Å². The lowest BCUT2D eigenvalue weighted by atomic mass is 9.67. The summed E-state index contributed by atoms with van der Waals surface area (Å²) in [7, 11) is 0. The van der Waals surface area contributed by atoms with Gasteiger partial charge in [-0.3, -0.25) is 9.97 Å². The second-order valence-electron chi connectivity index (χ2n) is 16.9. The monoisotopic (exact) mass is 861 g/mol. The second-order valence-corrected chi connectivity index (χ2v) is 18.0. The predicted molar refractivity (Wildman–Crippen MR) is 265 cm³/mol. The highest BCUT2D eigenvalue weighted by atomic mass is 32.2. The third-order valence-electron chi connectivity index (χ3n) is 13.4. The molecule has 11 aromatic rings. The van der Waals surface area contributed by atoms with Gasteiger partial charge in [0.25, 0.3) is 0 Å². The number of benzene rings is 8. The van der Waals surface area contributed by atoms with Crippen molar-refractivity contribution in [2.24, 2.45) is 0 Å². The molecule has 2 aliphatic heterocycles. The van der Waals surface area contributed by atoms with Crippen LogP contribution in [-0.4, -0.2) is 19.9 Å². The van der Waals surface area contributed by atoms with Gasteiger partial charge in [-0.25, -0.2) is 9.97 Å². The fourth-order valence-corrected chi connectivity index (χ4v) is 11.8. The van der Waals surface area contributed by atoms with Gasteiger partial charge in [0.05, 0.1) is 50.0 Å². The number of aromatic nitrogens is 4. The zero-order chi connectivity index (χ0) is 43.3. The summed E-state index contributed by atoms with van der Waals surface area (Å²) in [6.07, 6.45) is 3.87. The van der Waals surface area contributed by atoms with Crippen molar-refractivity contribution in [2.75, 3.05) is 4.90 Å². The standard InChI is InChI=1S/C59H35N5OS/c1-2-16-37(17-3-1)53-42-22-6-8-25-47(42)62-58(63-53)39-20-12-19-38(33-39)40-34-46-55(61-35-40)54-44(24-14-32-60-54)59(46)43-23-7-11-29-52(43)66-57-45(59)30-31-50-56(57)65-51-28-10-9-26-49(51)64(50)48-27-13-18-36-15-4-5-21-41(36)48/h1-35H. The van der Waals surface area contributed by atoms with E-state index in [9.17, 15) is 0 Å². The van der Waals surface area contributed by atoms with Crippen molar-refractivity contribution in [3.63, 3.8) is 0 Å². The summed E-state index contributed by atoms with van der Waals surface area (Å²) in [5.41, 5.74) is 14.5. The Kier molecular flexibility index (Phi) is 8.03. The number of nitrogens with zero attached hydrogens (tertiary/aromatic N) is 5. The summed E-state index contributed by atoms with van der Waals surface area (Å²) in [5, 5.41) is 3.38. The number of fused-ring (bicyclic) bond motifs is 14. The fraction of sp³-hybridized carbons (Fsp3) is 0.0169. The van der Waals surface area contributed by atoms with Crippen molar-refractivity contribution >= 4 is 50.5 Å². The Morgan fingerprint density at radius 1 is 0.455 bits per heavy atom. The highest BCUT2D eigenvalue weighted by Gasteiger charge is 2.53. The highest BCUT2D eigenvalue weighted by molar-refractivity contribution is 7.99. The van der Waals surface area contributed by atoms with Crippen LogP contribution in [0.5, 0.6) is 11.5 Å². The minimum Gasteiger partial charge on any atom is -0.452 e. The number of rotatable bonds is 4. The van der Waals surface area contributed by atoms with Gasteiger partial charge in [0, 0.05) is 50.3 Å². The molecule has 0 N–H and O–H groups in total. The molecule has 1 atom stereocenters. The Bertz CT molecular complexity index is 3810. The van der Waals surface area contributed by atoms with Crippen LogP contribution in [0.25, 0.3) is 66.8 Å². The molecular formula is C59H35N5OS. The lowest BCUT2D eigenvalue weighted by Gasteiger charge is -2.42. The average molecular weight is 862 g/mol. The first-order valence-corrected chi connectivity index (χ1v) is 22.9. The van der Waals surface area contributed by atoms with E-state index in [1.165, 1.54) is 16.3 Å². The van der Waals surface area contributed by atoms with E-state index in [1.54, 1.807) is 11.8 Å². The molecule has 0 saturated heterocycles. The summed E-state index contributed by atoms with van der Waals surface area (Å²) in [5.74, 6) is 2.32. The van der Waals surface area contributed by atoms with E-state index in [0.29, 0.717) is 5.82 Å². The van der Waals surface area contributed by atoms with Gasteiger partial charge in [0.2, 0.25) is 0 Å². The van der Waals surface area contributed by atoms with Gasteiger partial charge < -0.3 is 9.64 Å². The molecule has 3 aliphatic rings. The number of ether oxygens (including phenoxy) is 1. The van der Waals surface area contributed by atoms with Gasteiger partial charge >= 0.3 is 0 Å². The van der Waals surface area contributed by atoms with Gasteiger partial charge in [0.15, 0.2) is 17.3 Å². The molecule has 0 fully saturated rings. The van der Waals surface area contributed by atoms with Crippen LogP contribution in [0.1, 0.15) is 22.3 Å². The van der Waals surface area contributed by atoms with Crippen LogP contribution in [-0.2, 0) is 5.41 Å². The summed E-state index contributed by atoms with van der Waals surface area (Å²) < 4.78 is 7.14. The first-order chi connectivity index (χ1) is 32.7. The van der Waals surface area contributed by atoms with Gasteiger partial charge in [0.1, 0.15) is 0 Å². The van der Waals surface area contributed by atoms with Crippen LogP contribution in [0.3, 0.4) is 0 Å². The van der Waals surface area contributed by atoms with Gasteiger partial charge in [-0.15, -0.1) is 0 Å². The Balaban J connectivity index is 0.977. The van der Waals surface area contributed by atoms with Crippen LogP contribution < -0.4 is 9.64 Å². The van der Waals surface area contributed by atoms with Gasteiger partial charge in [-0.05, 0) is 82.2 Å². The Morgan fingerprint density at radius 3 is 2.14 bits per heavy atom. The molecule has 7 heteroatoms. The van der Waals surface area contributed by atoms with Crippen LogP contribution in [0.15, 0.2) is 222 Å². The maximum Gasteiger partial charge on any atom is 0.165 e. The van der Waals surface area contributed by atoms with E-state index in [2.05, 4.69) is 187 Å². The minimum absolute atomic E-state index is 0.674. The normalized spacial score (nSPS) is 15.1. The highest BCUT2D eigenvalue weighted by Crippen LogP contribution is 2.66. The second kappa shape index (κ2) is 14.3. The van der Waals surface area contributed by atoms with Crippen molar-refractivity contribution < 1.29 is 4.74 Å². The number of hydrogen-bond donors (Lipinski definition) is 0. The minimum atomic E-state index is -0.748. The van der Waals surface area contributed by atoms with E-state index in [1.807, 2.05) is 30.6 Å². The zero-order valence-corrected chi connectivity index (χ0v) is 36.1. The third kappa shape index (κ3) is 5.32. The van der Waals surface area contributed by atoms with Crippen LogP contribution in [0, 0.1) is 0 Å². The lowest BCUT2D eigenvalue weighted by molar-refractivity contribution is 0.461. The van der Waals surface area contributed by atoms with Crippen LogP contribution in [0.2, 0.25) is 0 Å².